The van der Waals surface area contributed by atoms with E-state index in [4.69, 9.17) is 11.6 Å². The van der Waals surface area contributed by atoms with E-state index >= 15 is 0 Å². The SMILES string of the molecule is FC(F)(F)c1nnc2ccc(SCc3ccc(Cl)cc3)nn12. The molecule has 0 N–H and O–H groups in total. The third kappa shape index (κ3) is 3.17. The zero-order chi connectivity index (χ0) is 15.7. The molecule has 3 rings (SSSR count). The summed E-state index contributed by atoms with van der Waals surface area (Å²) in [5, 5.41) is 11.6. The first kappa shape index (κ1) is 15.1. The van der Waals surface area contributed by atoms with Gasteiger partial charge in [-0.3, -0.25) is 0 Å². The number of fused-ring (bicyclic) bond motifs is 1. The molecule has 0 aliphatic heterocycles. The number of benzene rings is 1. The first-order chi connectivity index (χ1) is 10.4. The second kappa shape index (κ2) is 5.77. The summed E-state index contributed by atoms with van der Waals surface area (Å²) in [5.41, 5.74) is 1.05. The molecule has 2 aromatic heterocycles. The fourth-order valence-electron chi connectivity index (χ4n) is 1.76. The van der Waals surface area contributed by atoms with Gasteiger partial charge in [-0.1, -0.05) is 35.5 Å². The molecule has 3 aromatic rings. The van der Waals surface area contributed by atoms with Crippen molar-refractivity contribution < 1.29 is 13.2 Å². The fraction of sp³-hybridized carbons (Fsp3) is 0.154. The van der Waals surface area contributed by atoms with Gasteiger partial charge in [0.2, 0.25) is 0 Å². The van der Waals surface area contributed by atoms with E-state index in [1.807, 2.05) is 12.1 Å². The van der Waals surface area contributed by atoms with Crippen molar-refractivity contribution in [3.63, 3.8) is 0 Å². The largest absolute Gasteiger partial charge is 0.453 e. The molecule has 0 aliphatic rings. The highest BCUT2D eigenvalue weighted by Crippen LogP contribution is 2.28. The third-order valence-corrected chi connectivity index (χ3v) is 4.04. The van der Waals surface area contributed by atoms with E-state index in [1.165, 1.54) is 17.8 Å². The number of rotatable bonds is 3. The standard InChI is InChI=1S/C13H8ClF3N4S/c14-9-3-1-8(2-4-9)7-22-11-6-5-10-18-19-12(13(15,16)17)21(10)20-11/h1-6H,7H2. The molecule has 0 fully saturated rings. The highest BCUT2D eigenvalue weighted by molar-refractivity contribution is 7.98. The van der Waals surface area contributed by atoms with Gasteiger partial charge in [0.1, 0.15) is 5.03 Å². The molecule has 0 aliphatic carbocycles. The van der Waals surface area contributed by atoms with Crippen molar-refractivity contribution in [3.05, 3.63) is 52.8 Å². The van der Waals surface area contributed by atoms with Gasteiger partial charge in [-0.2, -0.15) is 22.8 Å². The molecular weight excluding hydrogens is 337 g/mol. The van der Waals surface area contributed by atoms with E-state index in [1.54, 1.807) is 18.2 Å². The van der Waals surface area contributed by atoms with Crippen LogP contribution in [-0.2, 0) is 11.9 Å². The van der Waals surface area contributed by atoms with Crippen LogP contribution in [0.25, 0.3) is 5.65 Å². The molecule has 0 spiro atoms. The van der Waals surface area contributed by atoms with Crippen LogP contribution in [0.3, 0.4) is 0 Å². The second-order valence-corrected chi connectivity index (χ2v) is 5.81. The average Bonchev–Trinajstić information content (AvgIpc) is 2.90. The fourth-order valence-corrected chi connectivity index (χ4v) is 2.70. The summed E-state index contributed by atoms with van der Waals surface area (Å²) in [7, 11) is 0. The zero-order valence-corrected chi connectivity index (χ0v) is 12.5. The van der Waals surface area contributed by atoms with Crippen LogP contribution < -0.4 is 0 Å². The Morgan fingerprint density at radius 1 is 1.05 bits per heavy atom. The van der Waals surface area contributed by atoms with Crippen LogP contribution in [0.2, 0.25) is 5.02 Å². The summed E-state index contributed by atoms with van der Waals surface area (Å²) in [5.74, 6) is -0.560. The highest BCUT2D eigenvalue weighted by atomic mass is 35.5. The Hall–Kier alpha value is -1.80. The Balaban J connectivity index is 1.83. The van der Waals surface area contributed by atoms with Gasteiger partial charge >= 0.3 is 6.18 Å². The molecule has 0 radical (unpaired) electrons. The lowest BCUT2D eigenvalue weighted by Gasteiger charge is -2.05. The van der Waals surface area contributed by atoms with Crippen LogP contribution in [0.5, 0.6) is 0 Å². The third-order valence-electron chi connectivity index (χ3n) is 2.79. The van der Waals surface area contributed by atoms with Gasteiger partial charge in [0.15, 0.2) is 5.65 Å². The second-order valence-electron chi connectivity index (χ2n) is 4.38. The normalized spacial score (nSPS) is 12.0. The van der Waals surface area contributed by atoms with E-state index < -0.39 is 12.0 Å². The molecule has 0 bridgehead atoms. The molecular formula is C13H8ClF3N4S. The van der Waals surface area contributed by atoms with Gasteiger partial charge in [0.05, 0.1) is 0 Å². The van der Waals surface area contributed by atoms with Crippen LogP contribution in [0.1, 0.15) is 11.4 Å². The van der Waals surface area contributed by atoms with Crippen molar-refractivity contribution in [3.8, 4) is 0 Å². The Morgan fingerprint density at radius 3 is 2.45 bits per heavy atom. The van der Waals surface area contributed by atoms with Crippen molar-refractivity contribution in [1.29, 1.82) is 0 Å². The molecule has 22 heavy (non-hydrogen) atoms. The quantitative estimate of drug-likeness (QED) is 0.671. The number of nitrogens with zero attached hydrogens (tertiary/aromatic N) is 4. The minimum absolute atomic E-state index is 0.0585. The van der Waals surface area contributed by atoms with Crippen LogP contribution in [0, 0.1) is 0 Å². The monoisotopic (exact) mass is 344 g/mol. The molecule has 2 heterocycles. The van der Waals surface area contributed by atoms with Crippen molar-refractivity contribution in [2.45, 2.75) is 17.0 Å². The van der Waals surface area contributed by atoms with Crippen LogP contribution in [0.15, 0.2) is 41.4 Å². The molecule has 0 saturated carbocycles. The maximum absolute atomic E-state index is 12.8. The van der Waals surface area contributed by atoms with Crippen LogP contribution in [-0.4, -0.2) is 19.8 Å². The molecule has 114 valence electrons. The molecule has 1 aromatic carbocycles. The van der Waals surface area contributed by atoms with Crippen molar-refractivity contribution in [2.75, 3.05) is 0 Å². The Labute approximate surface area is 132 Å². The molecule has 9 heteroatoms. The first-order valence-corrected chi connectivity index (χ1v) is 7.47. The van der Waals surface area contributed by atoms with Crippen molar-refractivity contribution >= 4 is 29.0 Å². The summed E-state index contributed by atoms with van der Waals surface area (Å²) in [6.45, 7) is 0. The Bertz CT molecular complexity index is 801. The summed E-state index contributed by atoms with van der Waals surface area (Å²) < 4.78 is 39.1. The van der Waals surface area contributed by atoms with E-state index in [-0.39, 0.29) is 5.65 Å². The summed E-state index contributed by atoms with van der Waals surface area (Å²) in [4.78, 5) is 0. The van der Waals surface area contributed by atoms with Gasteiger partial charge in [-0.25, -0.2) is 0 Å². The molecule has 0 saturated heterocycles. The lowest BCUT2D eigenvalue weighted by Crippen LogP contribution is -2.12. The molecule has 4 nitrogen and oxygen atoms in total. The van der Waals surface area contributed by atoms with Gasteiger partial charge in [-0.05, 0) is 29.8 Å². The molecule has 0 atom stereocenters. The number of aromatic nitrogens is 4. The van der Waals surface area contributed by atoms with Crippen LogP contribution >= 0.6 is 23.4 Å². The predicted molar refractivity (Wildman–Crippen MR) is 76.8 cm³/mol. The van der Waals surface area contributed by atoms with Gasteiger partial charge in [0, 0.05) is 10.8 Å². The summed E-state index contributed by atoms with van der Waals surface area (Å²) >= 11 is 7.12. The Morgan fingerprint density at radius 2 is 1.77 bits per heavy atom. The predicted octanol–water partition coefficient (Wildman–Crippen LogP) is 4.09. The smallest absolute Gasteiger partial charge is 0.188 e. The lowest BCUT2D eigenvalue weighted by atomic mass is 10.2. The minimum Gasteiger partial charge on any atom is -0.188 e. The number of hydrogen-bond acceptors (Lipinski definition) is 4. The van der Waals surface area contributed by atoms with Crippen LogP contribution in [0.4, 0.5) is 13.2 Å². The van der Waals surface area contributed by atoms with Gasteiger partial charge < -0.3 is 0 Å². The van der Waals surface area contributed by atoms with Gasteiger partial charge in [0.25, 0.3) is 5.82 Å². The van der Waals surface area contributed by atoms with E-state index in [0.717, 1.165) is 5.56 Å². The number of halogens is 4. The van der Waals surface area contributed by atoms with Crippen molar-refractivity contribution in [2.24, 2.45) is 0 Å². The van der Waals surface area contributed by atoms with E-state index in [0.29, 0.717) is 20.3 Å². The number of alkyl halides is 3. The average molecular weight is 345 g/mol. The number of hydrogen-bond donors (Lipinski definition) is 0. The maximum Gasteiger partial charge on any atom is 0.453 e. The minimum atomic E-state index is -4.59. The summed E-state index contributed by atoms with van der Waals surface area (Å²) in [6.07, 6.45) is -4.59. The molecule has 0 unspecified atom stereocenters. The zero-order valence-electron chi connectivity index (χ0n) is 10.9. The first-order valence-electron chi connectivity index (χ1n) is 6.10. The van der Waals surface area contributed by atoms with E-state index in [9.17, 15) is 13.2 Å². The highest BCUT2D eigenvalue weighted by Gasteiger charge is 2.37. The topological polar surface area (TPSA) is 43.1 Å². The lowest BCUT2D eigenvalue weighted by molar-refractivity contribution is -0.146. The van der Waals surface area contributed by atoms with Gasteiger partial charge in [-0.15, -0.1) is 10.2 Å². The maximum atomic E-state index is 12.8. The van der Waals surface area contributed by atoms with Crippen molar-refractivity contribution in [1.82, 2.24) is 19.8 Å². The summed E-state index contributed by atoms with van der Waals surface area (Å²) in [6, 6.07) is 10.3. The Kier molecular flexibility index (Phi) is 3.96. The number of thioether (sulfide) groups is 1. The molecule has 0 amide bonds. The van der Waals surface area contributed by atoms with E-state index in [2.05, 4.69) is 15.3 Å².